The lowest BCUT2D eigenvalue weighted by molar-refractivity contribution is 0.239. The van der Waals surface area contributed by atoms with Crippen molar-refractivity contribution in [3.05, 3.63) is 34.9 Å². The molecule has 0 aliphatic heterocycles. The van der Waals surface area contributed by atoms with Gasteiger partial charge in [0.1, 0.15) is 0 Å². The van der Waals surface area contributed by atoms with Gasteiger partial charge in [0, 0.05) is 6.04 Å². The Morgan fingerprint density at radius 1 is 1.20 bits per heavy atom. The molecular formula is C14H21N. The second-order valence-electron chi connectivity index (χ2n) is 4.80. The second kappa shape index (κ2) is 4.36. The van der Waals surface area contributed by atoms with Crippen LogP contribution in [0.2, 0.25) is 0 Å². The van der Waals surface area contributed by atoms with Crippen LogP contribution in [0.3, 0.4) is 0 Å². The Bertz CT molecular complexity index is 339. The predicted molar refractivity (Wildman–Crippen MR) is 65.1 cm³/mol. The molecule has 1 unspecified atom stereocenters. The zero-order chi connectivity index (χ0) is 10.8. The fourth-order valence-corrected chi connectivity index (χ4v) is 2.41. The molecule has 1 aliphatic carbocycles. The number of benzene rings is 1. The van der Waals surface area contributed by atoms with E-state index >= 15 is 0 Å². The molecule has 1 saturated carbocycles. The largest absolute Gasteiger partial charge is 0.313 e. The summed E-state index contributed by atoms with van der Waals surface area (Å²) in [6.45, 7) is 4.38. The Kier molecular flexibility index (Phi) is 3.11. The van der Waals surface area contributed by atoms with E-state index in [1.165, 1.54) is 36.0 Å². The first-order chi connectivity index (χ1) is 7.22. The van der Waals surface area contributed by atoms with Crippen LogP contribution in [-0.4, -0.2) is 7.05 Å². The molecule has 0 spiro atoms. The molecule has 0 saturated heterocycles. The zero-order valence-corrected chi connectivity index (χ0v) is 10.0. The van der Waals surface area contributed by atoms with Gasteiger partial charge in [-0.1, -0.05) is 24.6 Å². The molecule has 0 aromatic heterocycles. The summed E-state index contributed by atoms with van der Waals surface area (Å²) in [5.41, 5.74) is 4.26. The van der Waals surface area contributed by atoms with Gasteiger partial charge in [-0.15, -0.1) is 0 Å². The second-order valence-corrected chi connectivity index (χ2v) is 4.80. The molecule has 15 heavy (non-hydrogen) atoms. The molecule has 1 fully saturated rings. The SMILES string of the molecule is CNC(c1ccc(C)c(C)c1)C1CCC1. The van der Waals surface area contributed by atoms with Gasteiger partial charge in [0.05, 0.1) is 0 Å². The van der Waals surface area contributed by atoms with Gasteiger partial charge in [0.2, 0.25) is 0 Å². The lowest BCUT2D eigenvalue weighted by Crippen LogP contribution is -2.29. The van der Waals surface area contributed by atoms with Crippen LogP contribution in [0, 0.1) is 19.8 Å². The fraction of sp³-hybridized carbons (Fsp3) is 0.571. The van der Waals surface area contributed by atoms with Gasteiger partial charge >= 0.3 is 0 Å². The van der Waals surface area contributed by atoms with Gasteiger partial charge in [-0.25, -0.2) is 0 Å². The Labute approximate surface area is 92.9 Å². The van der Waals surface area contributed by atoms with Crippen molar-refractivity contribution in [1.82, 2.24) is 5.32 Å². The molecule has 1 aromatic carbocycles. The minimum atomic E-state index is 0.568. The summed E-state index contributed by atoms with van der Waals surface area (Å²) in [5.74, 6) is 0.858. The van der Waals surface area contributed by atoms with Crippen molar-refractivity contribution >= 4 is 0 Å². The van der Waals surface area contributed by atoms with E-state index in [9.17, 15) is 0 Å². The highest BCUT2D eigenvalue weighted by Crippen LogP contribution is 2.37. The first-order valence-corrected chi connectivity index (χ1v) is 5.97. The summed E-state index contributed by atoms with van der Waals surface area (Å²) in [6, 6.07) is 7.43. The topological polar surface area (TPSA) is 12.0 Å². The Morgan fingerprint density at radius 2 is 1.93 bits per heavy atom. The van der Waals surface area contributed by atoms with Gasteiger partial charge in [-0.2, -0.15) is 0 Å². The van der Waals surface area contributed by atoms with E-state index in [2.05, 4.69) is 44.4 Å². The number of hydrogen-bond donors (Lipinski definition) is 1. The number of rotatable bonds is 3. The number of hydrogen-bond acceptors (Lipinski definition) is 1. The normalized spacial score (nSPS) is 18.6. The Balaban J connectivity index is 2.21. The maximum Gasteiger partial charge on any atom is 0.0346 e. The highest BCUT2D eigenvalue weighted by atomic mass is 14.9. The third-order valence-corrected chi connectivity index (χ3v) is 3.82. The number of aryl methyl sites for hydroxylation is 2. The molecule has 2 rings (SSSR count). The van der Waals surface area contributed by atoms with Gasteiger partial charge in [-0.3, -0.25) is 0 Å². The van der Waals surface area contributed by atoms with Crippen molar-refractivity contribution in [1.29, 1.82) is 0 Å². The van der Waals surface area contributed by atoms with Crippen molar-refractivity contribution in [2.45, 2.75) is 39.2 Å². The summed E-state index contributed by atoms with van der Waals surface area (Å²) in [5, 5.41) is 3.47. The van der Waals surface area contributed by atoms with Crippen molar-refractivity contribution in [2.75, 3.05) is 7.05 Å². The van der Waals surface area contributed by atoms with E-state index in [0.717, 1.165) is 5.92 Å². The van der Waals surface area contributed by atoms with E-state index in [0.29, 0.717) is 6.04 Å². The molecule has 1 atom stereocenters. The summed E-state index contributed by atoms with van der Waals surface area (Å²) in [7, 11) is 2.08. The van der Waals surface area contributed by atoms with Crippen LogP contribution < -0.4 is 5.32 Å². The Hall–Kier alpha value is -0.820. The molecule has 1 N–H and O–H groups in total. The van der Waals surface area contributed by atoms with Crippen molar-refractivity contribution in [3.8, 4) is 0 Å². The Morgan fingerprint density at radius 3 is 2.40 bits per heavy atom. The monoisotopic (exact) mass is 203 g/mol. The van der Waals surface area contributed by atoms with Crippen LogP contribution in [0.4, 0.5) is 0 Å². The van der Waals surface area contributed by atoms with Crippen LogP contribution in [0.15, 0.2) is 18.2 Å². The predicted octanol–water partition coefficient (Wildman–Crippen LogP) is 3.36. The van der Waals surface area contributed by atoms with Crippen LogP contribution in [-0.2, 0) is 0 Å². The standard InChI is InChI=1S/C14H21N/c1-10-7-8-13(9-11(10)2)14(15-3)12-5-4-6-12/h7-9,12,14-15H,4-6H2,1-3H3. The molecule has 1 heteroatoms. The van der Waals surface area contributed by atoms with Gasteiger partial charge in [0.25, 0.3) is 0 Å². The maximum absolute atomic E-state index is 3.47. The van der Waals surface area contributed by atoms with Gasteiger partial charge in [0.15, 0.2) is 0 Å². The molecular weight excluding hydrogens is 182 g/mol. The first kappa shape index (κ1) is 10.7. The maximum atomic E-state index is 3.47. The quantitative estimate of drug-likeness (QED) is 0.794. The van der Waals surface area contributed by atoms with Crippen molar-refractivity contribution < 1.29 is 0 Å². The number of nitrogens with one attached hydrogen (secondary N) is 1. The molecule has 82 valence electrons. The van der Waals surface area contributed by atoms with Gasteiger partial charge in [-0.05, 0) is 56.3 Å². The van der Waals surface area contributed by atoms with Crippen LogP contribution in [0.25, 0.3) is 0 Å². The van der Waals surface area contributed by atoms with E-state index in [-0.39, 0.29) is 0 Å². The van der Waals surface area contributed by atoms with Gasteiger partial charge < -0.3 is 5.32 Å². The van der Waals surface area contributed by atoms with E-state index in [1.807, 2.05) is 0 Å². The molecule has 0 radical (unpaired) electrons. The van der Waals surface area contributed by atoms with Crippen molar-refractivity contribution in [2.24, 2.45) is 5.92 Å². The molecule has 1 aromatic rings. The average molecular weight is 203 g/mol. The van der Waals surface area contributed by atoms with Crippen LogP contribution in [0.1, 0.15) is 42.0 Å². The highest BCUT2D eigenvalue weighted by molar-refractivity contribution is 5.32. The first-order valence-electron chi connectivity index (χ1n) is 5.97. The molecule has 0 amide bonds. The van der Waals surface area contributed by atoms with Crippen LogP contribution in [0.5, 0.6) is 0 Å². The minimum absolute atomic E-state index is 0.568. The zero-order valence-electron chi connectivity index (χ0n) is 10.0. The van der Waals surface area contributed by atoms with E-state index in [1.54, 1.807) is 0 Å². The van der Waals surface area contributed by atoms with E-state index in [4.69, 9.17) is 0 Å². The third kappa shape index (κ3) is 2.07. The molecule has 1 aliphatic rings. The van der Waals surface area contributed by atoms with E-state index < -0.39 is 0 Å². The lowest BCUT2D eigenvalue weighted by atomic mass is 9.77. The molecule has 0 heterocycles. The lowest BCUT2D eigenvalue weighted by Gasteiger charge is -2.34. The third-order valence-electron chi connectivity index (χ3n) is 3.82. The van der Waals surface area contributed by atoms with Crippen LogP contribution >= 0.6 is 0 Å². The molecule has 0 bridgehead atoms. The summed E-state index contributed by atoms with van der Waals surface area (Å²) >= 11 is 0. The summed E-state index contributed by atoms with van der Waals surface area (Å²) in [6.07, 6.45) is 4.19. The summed E-state index contributed by atoms with van der Waals surface area (Å²) in [4.78, 5) is 0. The smallest absolute Gasteiger partial charge is 0.0346 e. The average Bonchev–Trinajstić information content (AvgIpc) is 2.16. The van der Waals surface area contributed by atoms with Crippen molar-refractivity contribution in [3.63, 3.8) is 0 Å². The minimum Gasteiger partial charge on any atom is -0.313 e. The molecule has 1 nitrogen and oxygen atoms in total. The highest BCUT2D eigenvalue weighted by Gasteiger charge is 2.27. The summed E-state index contributed by atoms with van der Waals surface area (Å²) < 4.78 is 0. The fourth-order valence-electron chi connectivity index (χ4n) is 2.41.